The molecule has 1 nitrogen and oxygen atoms in total. The third-order valence-electron chi connectivity index (χ3n) is 2.90. The van der Waals surface area contributed by atoms with Gasteiger partial charge in [0.15, 0.2) is 0 Å². The molecule has 2 aromatic rings. The van der Waals surface area contributed by atoms with Crippen molar-refractivity contribution in [3.63, 3.8) is 0 Å². The highest BCUT2D eigenvalue weighted by molar-refractivity contribution is 9.10. The summed E-state index contributed by atoms with van der Waals surface area (Å²) in [5.41, 5.74) is -0.653. The molecule has 0 aliphatic heterocycles. The van der Waals surface area contributed by atoms with Crippen molar-refractivity contribution in [3.05, 3.63) is 68.9 Å². The van der Waals surface area contributed by atoms with Crippen LogP contribution in [0.5, 0.6) is 0 Å². The molecule has 0 aromatic heterocycles. The molecule has 0 spiro atoms. The van der Waals surface area contributed by atoms with E-state index >= 15 is 0 Å². The third-order valence-corrected chi connectivity index (χ3v) is 4.15. The van der Waals surface area contributed by atoms with Gasteiger partial charge in [0.05, 0.1) is 5.02 Å². The molecule has 1 N–H and O–H groups in total. The Hall–Kier alpha value is -0.900. The molecule has 0 radical (unpaired) electrons. The largest absolute Gasteiger partial charge is 0.381 e. The molecule has 2 rings (SSSR count). The van der Waals surface area contributed by atoms with Crippen molar-refractivity contribution < 1.29 is 9.50 Å². The Balaban J connectivity index is 2.58. The molecule has 0 aliphatic carbocycles. The second-order valence-electron chi connectivity index (χ2n) is 4.16. The van der Waals surface area contributed by atoms with Crippen LogP contribution in [0.1, 0.15) is 18.1 Å². The number of hydrogen-bond acceptors (Lipinski definition) is 1. The summed E-state index contributed by atoms with van der Waals surface area (Å²) in [6.07, 6.45) is 0. The summed E-state index contributed by atoms with van der Waals surface area (Å²) in [5.74, 6) is -0.611. The molecule has 0 saturated carbocycles. The van der Waals surface area contributed by atoms with Crippen LogP contribution in [0.4, 0.5) is 4.39 Å². The van der Waals surface area contributed by atoms with Crippen LogP contribution < -0.4 is 0 Å². The first-order valence-corrected chi connectivity index (χ1v) is 6.53. The number of halogens is 3. The summed E-state index contributed by atoms with van der Waals surface area (Å²) in [6.45, 7) is 1.55. The van der Waals surface area contributed by atoms with Crippen LogP contribution in [0, 0.1) is 5.82 Å². The first-order chi connectivity index (χ1) is 8.44. The number of rotatable bonds is 2. The molecule has 0 heterocycles. The molecule has 4 heteroatoms. The van der Waals surface area contributed by atoms with Crippen molar-refractivity contribution >= 4 is 27.5 Å². The van der Waals surface area contributed by atoms with Gasteiger partial charge in [-0.2, -0.15) is 0 Å². The van der Waals surface area contributed by atoms with Crippen molar-refractivity contribution in [1.82, 2.24) is 0 Å². The molecule has 0 aliphatic rings. The average Bonchev–Trinajstić information content (AvgIpc) is 2.37. The van der Waals surface area contributed by atoms with E-state index in [1.54, 1.807) is 37.3 Å². The van der Waals surface area contributed by atoms with Gasteiger partial charge in [0.1, 0.15) is 11.4 Å². The van der Waals surface area contributed by atoms with Gasteiger partial charge < -0.3 is 5.11 Å². The minimum Gasteiger partial charge on any atom is -0.381 e. The summed E-state index contributed by atoms with van der Waals surface area (Å²) >= 11 is 8.99. The van der Waals surface area contributed by atoms with E-state index in [0.29, 0.717) is 10.0 Å². The molecule has 0 fully saturated rings. The molecule has 1 atom stereocenters. The molecule has 0 saturated heterocycles. The topological polar surface area (TPSA) is 20.2 Å². The van der Waals surface area contributed by atoms with E-state index in [9.17, 15) is 9.50 Å². The van der Waals surface area contributed by atoms with Gasteiger partial charge in [0.2, 0.25) is 0 Å². The minimum atomic E-state index is -1.42. The highest BCUT2D eigenvalue weighted by atomic mass is 79.9. The molecule has 2 aromatic carbocycles. The van der Waals surface area contributed by atoms with Gasteiger partial charge in [-0.15, -0.1) is 0 Å². The molecular weight excluding hydrogens is 319 g/mol. The lowest BCUT2D eigenvalue weighted by Gasteiger charge is -2.25. The van der Waals surface area contributed by atoms with Gasteiger partial charge in [0.25, 0.3) is 0 Å². The van der Waals surface area contributed by atoms with Crippen molar-refractivity contribution in [2.45, 2.75) is 12.5 Å². The fourth-order valence-electron chi connectivity index (χ4n) is 1.82. The Labute approximate surface area is 118 Å². The average molecular weight is 330 g/mol. The van der Waals surface area contributed by atoms with Gasteiger partial charge in [-0.05, 0) is 34.5 Å². The van der Waals surface area contributed by atoms with Gasteiger partial charge in [-0.25, -0.2) is 4.39 Å². The predicted molar refractivity (Wildman–Crippen MR) is 74.2 cm³/mol. The Morgan fingerprint density at radius 2 is 1.78 bits per heavy atom. The van der Waals surface area contributed by atoms with Crippen LogP contribution in [0.15, 0.2) is 46.9 Å². The highest BCUT2D eigenvalue weighted by Gasteiger charge is 2.30. The second-order valence-corrected chi connectivity index (χ2v) is 5.39. The molecule has 94 valence electrons. The van der Waals surface area contributed by atoms with E-state index in [0.717, 1.165) is 0 Å². The Morgan fingerprint density at radius 1 is 1.17 bits per heavy atom. The smallest absolute Gasteiger partial charge is 0.149 e. The number of benzene rings is 2. The Kier molecular flexibility index (Phi) is 3.76. The zero-order chi connectivity index (χ0) is 13.3. The van der Waals surface area contributed by atoms with E-state index in [1.165, 1.54) is 6.07 Å². The van der Waals surface area contributed by atoms with E-state index in [1.807, 2.05) is 6.07 Å². The van der Waals surface area contributed by atoms with E-state index in [4.69, 9.17) is 11.6 Å². The fraction of sp³-hybridized carbons (Fsp3) is 0.143. The Bertz CT molecular complexity index is 570. The lowest BCUT2D eigenvalue weighted by Crippen LogP contribution is -2.24. The summed E-state index contributed by atoms with van der Waals surface area (Å²) in [6, 6.07) is 12.1. The second kappa shape index (κ2) is 5.00. The maximum Gasteiger partial charge on any atom is 0.149 e. The SMILES string of the molecule is CC(O)(c1ccccc1)c1ccc(Br)c(Cl)c1F. The first kappa shape index (κ1) is 13.5. The monoisotopic (exact) mass is 328 g/mol. The van der Waals surface area contributed by atoms with E-state index < -0.39 is 11.4 Å². The van der Waals surface area contributed by atoms with Crippen molar-refractivity contribution in [3.8, 4) is 0 Å². The van der Waals surface area contributed by atoms with Gasteiger partial charge in [-0.1, -0.05) is 48.0 Å². The van der Waals surface area contributed by atoms with Crippen LogP contribution in [0.25, 0.3) is 0 Å². The fourth-order valence-corrected chi connectivity index (χ4v) is 2.29. The van der Waals surface area contributed by atoms with E-state index in [-0.39, 0.29) is 10.6 Å². The summed E-state index contributed by atoms with van der Waals surface area (Å²) < 4.78 is 14.6. The Morgan fingerprint density at radius 3 is 2.39 bits per heavy atom. The molecule has 0 amide bonds. The van der Waals surface area contributed by atoms with Crippen LogP contribution in [-0.2, 0) is 5.60 Å². The molecule has 0 bridgehead atoms. The molecule has 18 heavy (non-hydrogen) atoms. The number of hydrogen-bond donors (Lipinski definition) is 1. The van der Waals surface area contributed by atoms with E-state index in [2.05, 4.69) is 15.9 Å². The zero-order valence-electron chi connectivity index (χ0n) is 9.62. The molecular formula is C14H11BrClFO. The first-order valence-electron chi connectivity index (χ1n) is 5.36. The van der Waals surface area contributed by atoms with Gasteiger partial charge in [-0.3, -0.25) is 0 Å². The lowest BCUT2D eigenvalue weighted by molar-refractivity contribution is 0.0979. The van der Waals surface area contributed by atoms with Crippen LogP contribution in [-0.4, -0.2) is 5.11 Å². The lowest BCUT2D eigenvalue weighted by atomic mass is 9.88. The summed E-state index contributed by atoms with van der Waals surface area (Å²) in [5, 5.41) is 10.5. The number of aliphatic hydroxyl groups is 1. The maximum absolute atomic E-state index is 14.1. The van der Waals surface area contributed by atoms with Crippen LogP contribution in [0.3, 0.4) is 0 Å². The van der Waals surface area contributed by atoms with Gasteiger partial charge in [0, 0.05) is 10.0 Å². The van der Waals surface area contributed by atoms with Crippen molar-refractivity contribution in [1.29, 1.82) is 0 Å². The standard InChI is InChI=1S/C14H11BrClFO/c1-14(18,9-5-3-2-4-6-9)10-7-8-11(15)12(16)13(10)17/h2-8,18H,1H3. The third kappa shape index (κ3) is 2.30. The summed E-state index contributed by atoms with van der Waals surface area (Å²) in [7, 11) is 0. The van der Waals surface area contributed by atoms with Gasteiger partial charge >= 0.3 is 0 Å². The quantitative estimate of drug-likeness (QED) is 0.805. The zero-order valence-corrected chi connectivity index (χ0v) is 12.0. The summed E-state index contributed by atoms with van der Waals surface area (Å²) in [4.78, 5) is 0. The van der Waals surface area contributed by atoms with Crippen LogP contribution in [0.2, 0.25) is 5.02 Å². The van der Waals surface area contributed by atoms with Crippen LogP contribution >= 0.6 is 27.5 Å². The van der Waals surface area contributed by atoms with Crippen molar-refractivity contribution in [2.75, 3.05) is 0 Å². The highest BCUT2D eigenvalue weighted by Crippen LogP contribution is 2.36. The van der Waals surface area contributed by atoms with Crippen molar-refractivity contribution in [2.24, 2.45) is 0 Å². The normalized spacial score (nSPS) is 14.3. The minimum absolute atomic E-state index is 0.0243. The molecule has 1 unspecified atom stereocenters. The predicted octanol–water partition coefficient (Wildman–Crippen LogP) is 4.50. The maximum atomic E-state index is 14.1.